The van der Waals surface area contributed by atoms with E-state index in [9.17, 15) is 4.79 Å². The second kappa shape index (κ2) is 8.17. The van der Waals surface area contributed by atoms with Crippen LogP contribution >= 0.6 is 23.2 Å². The van der Waals surface area contributed by atoms with Crippen molar-refractivity contribution in [2.75, 3.05) is 6.61 Å². The molecule has 2 aromatic carbocycles. The highest BCUT2D eigenvalue weighted by Gasteiger charge is 2.05. The van der Waals surface area contributed by atoms with Gasteiger partial charge in [0.25, 0.3) is 5.91 Å². The van der Waals surface area contributed by atoms with Crippen molar-refractivity contribution in [1.82, 2.24) is 10.4 Å². The lowest BCUT2D eigenvalue weighted by Gasteiger charge is -2.06. The standard InChI is InChI=1S/C19H15Cl2N3O2/c1-12-8-15(6-7-16(12)20)26-11-18(25)24-22-10-14-9-13-4-2-3-5-17(13)23-19(14)21/h2-10H,11H2,1H3,(H,24,25)/b22-10+. The maximum Gasteiger partial charge on any atom is 0.277 e. The lowest BCUT2D eigenvalue weighted by molar-refractivity contribution is -0.123. The van der Waals surface area contributed by atoms with Gasteiger partial charge in [-0.05, 0) is 42.8 Å². The van der Waals surface area contributed by atoms with Crippen LogP contribution in [-0.2, 0) is 4.79 Å². The first-order valence-corrected chi connectivity index (χ1v) is 8.54. The van der Waals surface area contributed by atoms with Crippen LogP contribution in [0.2, 0.25) is 10.2 Å². The molecule has 0 saturated heterocycles. The van der Waals surface area contributed by atoms with Crippen LogP contribution in [-0.4, -0.2) is 23.7 Å². The van der Waals surface area contributed by atoms with Crippen LogP contribution in [0.15, 0.2) is 53.6 Å². The Morgan fingerprint density at radius 2 is 2.04 bits per heavy atom. The molecule has 0 fully saturated rings. The highest BCUT2D eigenvalue weighted by molar-refractivity contribution is 6.32. The van der Waals surface area contributed by atoms with Crippen molar-refractivity contribution in [3.8, 4) is 5.75 Å². The van der Waals surface area contributed by atoms with E-state index in [4.69, 9.17) is 27.9 Å². The summed E-state index contributed by atoms with van der Waals surface area (Å²) in [6, 6.07) is 14.6. The van der Waals surface area contributed by atoms with E-state index in [-0.39, 0.29) is 6.61 Å². The number of pyridine rings is 1. The van der Waals surface area contributed by atoms with E-state index in [0.717, 1.165) is 16.5 Å². The van der Waals surface area contributed by atoms with Crippen molar-refractivity contribution in [2.24, 2.45) is 5.10 Å². The van der Waals surface area contributed by atoms with Crippen molar-refractivity contribution >= 4 is 46.2 Å². The number of amides is 1. The summed E-state index contributed by atoms with van der Waals surface area (Å²) in [5, 5.41) is 5.80. The van der Waals surface area contributed by atoms with E-state index in [0.29, 0.717) is 21.5 Å². The lowest BCUT2D eigenvalue weighted by Crippen LogP contribution is -2.24. The Kier molecular flexibility index (Phi) is 5.71. The number of aryl methyl sites for hydroxylation is 1. The summed E-state index contributed by atoms with van der Waals surface area (Å²) in [5.74, 6) is 0.173. The van der Waals surface area contributed by atoms with Crippen LogP contribution < -0.4 is 10.2 Å². The van der Waals surface area contributed by atoms with Gasteiger partial charge in [0.05, 0.1) is 11.7 Å². The van der Waals surface area contributed by atoms with Crippen molar-refractivity contribution in [1.29, 1.82) is 0 Å². The van der Waals surface area contributed by atoms with Gasteiger partial charge < -0.3 is 4.74 Å². The van der Waals surface area contributed by atoms with Crippen LogP contribution in [0.4, 0.5) is 0 Å². The number of aromatic nitrogens is 1. The minimum Gasteiger partial charge on any atom is -0.484 e. The Morgan fingerprint density at radius 3 is 2.85 bits per heavy atom. The second-order valence-corrected chi connectivity index (χ2v) is 6.32. The van der Waals surface area contributed by atoms with Gasteiger partial charge in [-0.25, -0.2) is 10.4 Å². The summed E-state index contributed by atoms with van der Waals surface area (Å²) < 4.78 is 5.40. The highest BCUT2D eigenvalue weighted by atomic mass is 35.5. The fourth-order valence-electron chi connectivity index (χ4n) is 2.26. The SMILES string of the molecule is Cc1cc(OCC(=O)N/N=C/c2cc3ccccc3nc2Cl)ccc1Cl. The molecule has 0 aliphatic rings. The molecule has 0 atom stereocenters. The molecule has 0 aliphatic carbocycles. The Labute approximate surface area is 160 Å². The average Bonchev–Trinajstić information content (AvgIpc) is 2.63. The van der Waals surface area contributed by atoms with Crippen LogP contribution in [0.3, 0.4) is 0 Å². The van der Waals surface area contributed by atoms with Gasteiger partial charge in [-0.3, -0.25) is 4.79 Å². The zero-order valence-electron chi connectivity index (χ0n) is 13.9. The molecule has 1 amide bonds. The Morgan fingerprint density at radius 1 is 1.23 bits per heavy atom. The fraction of sp³-hybridized carbons (Fsp3) is 0.105. The molecule has 0 saturated carbocycles. The minimum atomic E-state index is -0.390. The van der Waals surface area contributed by atoms with Gasteiger partial charge in [-0.15, -0.1) is 0 Å². The molecular formula is C19H15Cl2N3O2. The number of halogens is 2. The number of nitrogens with zero attached hydrogens (tertiary/aromatic N) is 2. The molecule has 5 nitrogen and oxygen atoms in total. The topological polar surface area (TPSA) is 63.6 Å². The number of carbonyl (C=O) groups excluding carboxylic acids is 1. The summed E-state index contributed by atoms with van der Waals surface area (Å²) in [4.78, 5) is 16.1. The predicted octanol–water partition coefficient (Wildman–Crippen LogP) is 4.38. The van der Waals surface area contributed by atoms with Gasteiger partial charge in [0.1, 0.15) is 10.9 Å². The number of hydrazone groups is 1. The molecule has 132 valence electrons. The third-order valence-electron chi connectivity index (χ3n) is 3.60. The monoisotopic (exact) mass is 387 g/mol. The number of benzene rings is 2. The third kappa shape index (κ3) is 4.50. The molecule has 0 bridgehead atoms. The van der Waals surface area contributed by atoms with Crippen LogP contribution in [0.5, 0.6) is 5.75 Å². The normalized spacial score (nSPS) is 11.0. The summed E-state index contributed by atoms with van der Waals surface area (Å²) in [6.07, 6.45) is 1.45. The molecule has 0 unspecified atom stereocenters. The minimum absolute atomic E-state index is 0.165. The maximum absolute atomic E-state index is 11.8. The largest absolute Gasteiger partial charge is 0.484 e. The first-order valence-electron chi connectivity index (χ1n) is 7.79. The van der Waals surface area contributed by atoms with Crippen LogP contribution in [0.1, 0.15) is 11.1 Å². The molecule has 1 N–H and O–H groups in total. The molecule has 1 heterocycles. The zero-order valence-corrected chi connectivity index (χ0v) is 15.4. The van der Waals surface area contributed by atoms with Crippen molar-refractivity contribution in [3.63, 3.8) is 0 Å². The molecule has 0 radical (unpaired) electrons. The molecule has 0 aliphatic heterocycles. The van der Waals surface area contributed by atoms with Gasteiger partial charge in [-0.1, -0.05) is 41.4 Å². The average molecular weight is 388 g/mol. The number of carbonyl (C=O) groups is 1. The molecule has 0 spiro atoms. The van der Waals surface area contributed by atoms with Crippen LogP contribution in [0.25, 0.3) is 10.9 Å². The molecular weight excluding hydrogens is 373 g/mol. The predicted molar refractivity (Wildman–Crippen MR) is 104 cm³/mol. The van der Waals surface area contributed by atoms with Gasteiger partial charge in [0, 0.05) is 16.0 Å². The highest BCUT2D eigenvalue weighted by Crippen LogP contribution is 2.21. The summed E-state index contributed by atoms with van der Waals surface area (Å²) in [7, 11) is 0. The van der Waals surface area contributed by atoms with Gasteiger partial charge in [-0.2, -0.15) is 5.10 Å². The van der Waals surface area contributed by atoms with Crippen LogP contribution in [0, 0.1) is 6.92 Å². The smallest absolute Gasteiger partial charge is 0.277 e. The number of hydrogen-bond donors (Lipinski definition) is 1. The fourth-order valence-corrected chi connectivity index (χ4v) is 2.57. The summed E-state index contributed by atoms with van der Waals surface area (Å²) >= 11 is 12.1. The van der Waals surface area contributed by atoms with E-state index >= 15 is 0 Å². The van der Waals surface area contributed by atoms with E-state index in [1.165, 1.54) is 6.21 Å². The molecule has 3 aromatic rings. The Balaban J connectivity index is 1.58. The van der Waals surface area contributed by atoms with Gasteiger partial charge in [0.15, 0.2) is 6.61 Å². The van der Waals surface area contributed by atoms with Crippen molar-refractivity contribution < 1.29 is 9.53 Å². The molecule has 3 rings (SSSR count). The van der Waals surface area contributed by atoms with Gasteiger partial charge in [0.2, 0.25) is 0 Å². The molecule has 1 aromatic heterocycles. The number of para-hydroxylation sites is 1. The quantitative estimate of drug-likeness (QED) is 0.401. The molecule has 26 heavy (non-hydrogen) atoms. The summed E-state index contributed by atoms with van der Waals surface area (Å²) in [6.45, 7) is 1.70. The van der Waals surface area contributed by atoms with Gasteiger partial charge >= 0.3 is 0 Å². The summed E-state index contributed by atoms with van der Waals surface area (Å²) in [5.41, 5.74) is 4.68. The van der Waals surface area contributed by atoms with Crippen molar-refractivity contribution in [2.45, 2.75) is 6.92 Å². The third-order valence-corrected chi connectivity index (χ3v) is 4.32. The van der Waals surface area contributed by atoms with E-state index < -0.39 is 5.91 Å². The van der Waals surface area contributed by atoms with E-state index in [2.05, 4.69) is 15.5 Å². The zero-order chi connectivity index (χ0) is 18.5. The Bertz CT molecular complexity index is 990. The number of fused-ring (bicyclic) bond motifs is 1. The molecule has 7 heteroatoms. The first kappa shape index (κ1) is 18.2. The van der Waals surface area contributed by atoms with Crippen molar-refractivity contribution in [3.05, 3.63) is 69.8 Å². The first-order chi connectivity index (χ1) is 12.5. The second-order valence-electron chi connectivity index (χ2n) is 5.55. The van der Waals surface area contributed by atoms with E-state index in [1.54, 1.807) is 18.2 Å². The Hall–Kier alpha value is -2.63. The number of rotatable bonds is 5. The number of nitrogens with one attached hydrogen (secondary N) is 1. The van der Waals surface area contributed by atoms with E-state index in [1.807, 2.05) is 37.3 Å². The lowest BCUT2D eigenvalue weighted by atomic mass is 10.2. The number of hydrogen-bond acceptors (Lipinski definition) is 4. The number of ether oxygens (including phenoxy) is 1. The maximum atomic E-state index is 11.8.